The maximum absolute atomic E-state index is 11.8. The molecular formula is C10H12Cl2N2O. The number of hydrogen-bond donors (Lipinski definition) is 0. The zero-order valence-corrected chi connectivity index (χ0v) is 10.1. The number of carbonyl (C=O) groups excluding carboxylic acids is 1. The number of aromatic nitrogens is 1. The van der Waals surface area contributed by atoms with Crippen molar-refractivity contribution in [3.05, 3.63) is 28.0 Å². The van der Waals surface area contributed by atoms with E-state index >= 15 is 0 Å². The minimum absolute atomic E-state index is 0.0945. The second-order valence-electron chi connectivity index (χ2n) is 3.22. The van der Waals surface area contributed by atoms with Gasteiger partial charge in [-0.3, -0.25) is 4.79 Å². The predicted molar refractivity (Wildman–Crippen MR) is 61.5 cm³/mol. The van der Waals surface area contributed by atoms with Crippen molar-refractivity contribution < 1.29 is 4.79 Å². The Balaban J connectivity index is 2.87. The molecule has 0 spiro atoms. The summed E-state index contributed by atoms with van der Waals surface area (Å²) in [5.41, 5.74) is 0.459. The highest BCUT2D eigenvalue weighted by Crippen LogP contribution is 2.20. The van der Waals surface area contributed by atoms with Crippen molar-refractivity contribution in [3.63, 3.8) is 0 Å². The quantitative estimate of drug-likeness (QED) is 0.769. The lowest BCUT2D eigenvalue weighted by Crippen LogP contribution is -2.27. The maximum Gasteiger partial charge on any atom is 0.255 e. The first-order valence-corrected chi connectivity index (χ1v) is 5.38. The van der Waals surface area contributed by atoms with E-state index in [0.29, 0.717) is 17.1 Å². The second-order valence-corrected chi connectivity index (χ2v) is 3.99. The van der Waals surface area contributed by atoms with Crippen LogP contribution in [0, 0.1) is 0 Å². The van der Waals surface area contributed by atoms with Crippen molar-refractivity contribution in [3.8, 4) is 0 Å². The summed E-state index contributed by atoms with van der Waals surface area (Å²) in [4.78, 5) is 17.2. The summed E-state index contributed by atoms with van der Waals surface area (Å²) in [5, 5.41) is 0.513. The van der Waals surface area contributed by atoms with Crippen molar-refractivity contribution >= 4 is 29.1 Å². The van der Waals surface area contributed by atoms with Gasteiger partial charge in [0.15, 0.2) is 0 Å². The number of pyridine rings is 1. The minimum Gasteiger partial charge on any atom is -0.342 e. The molecule has 1 heterocycles. The molecule has 1 aromatic heterocycles. The minimum atomic E-state index is -0.0945. The van der Waals surface area contributed by atoms with Gasteiger partial charge in [0.05, 0.1) is 10.6 Å². The Hall–Kier alpha value is -0.800. The molecule has 15 heavy (non-hydrogen) atoms. The molecular weight excluding hydrogens is 235 g/mol. The maximum atomic E-state index is 11.8. The monoisotopic (exact) mass is 246 g/mol. The van der Waals surface area contributed by atoms with E-state index in [1.807, 2.05) is 6.92 Å². The number of amides is 1. The van der Waals surface area contributed by atoms with Crippen LogP contribution in [0.4, 0.5) is 0 Å². The van der Waals surface area contributed by atoms with Gasteiger partial charge in [0.25, 0.3) is 5.91 Å². The van der Waals surface area contributed by atoms with Gasteiger partial charge in [-0.15, -0.1) is 0 Å². The topological polar surface area (TPSA) is 33.2 Å². The fourth-order valence-electron chi connectivity index (χ4n) is 1.20. The summed E-state index contributed by atoms with van der Waals surface area (Å²) in [6.07, 6.45) is 2.35. The van der Waals surface area contributed by atoms with Gasteiger partial charge in [-0.1, -0.05) is 30.1 Å². The number of rotatable bonds is 3. The highest BCUT2D eigenvalue weighted by Gasteiger charge is 2.12. The van der Waals surface area contributed by atoms with E-state index < -0.39 is 0 Å². The lowest BCUT2D eigenvalue weighted by atomic mass is 10.2. The SMILES string of the molecule is CCCN(C)C(=O)c1cnc(Cl)c(Cl)c1. The Morgan fingerprint density at radius 1 is 1.53 bits per heavy atom. The summed E-state index contributed by atoms with van der Waals surface area (Å²) < 4.78 is 0. The molecule has 0 aromatic carbocycles. The van der Waals surface area contributed by atoms with Crippen LogP contribution in [0.25, 0.3) is 0 Å². The predicted octanol–water partition coefficient (Wildman–Crippen LogP) is 2.87. The Morgan fingerprint density at radius 2 is 2.20 bits per heavy atom. The van der Waals surface area contributed by atoms with Crippen LogP contribution in [-0.4, -0.2) is 29.4 Å². The van der Waals surface area contributed by atoms with Crippen molar-refractivity contribution in [2.24, 2.45) is 0 Å². The highest BCUT2D eigenvalue weighted by molar-refractivity contribution is 6.41. The molecule has 5 heteroatoms. The van der Waals surface area contributed by atoms with Crippen LogP contribution in [0.3, 0.4) is 0 Å². The van der Waals surface area contributed by atoms with E-state index in [4.69, 9.17) is 23.2 Å². The van der Waals surface area contributed by atoms with Crippen LogP contribution in [0.15, 0.2) is 12.3 Å². The van der Waals surface area contributed by atoms with E-state index in [1.165, 1.54) is 12.3 Å². The molecule has 1 rings (SSSR count). The van der Waals surface area contributed by atoms with Crippen LogP contribution in [-0.2, 0) is 0 Å². The van der Waals surface area contributed by atoms with Crippen molar-refractivity contribution in [2.45, 2.75) is 13.3 Å². The standard InChI is InChI=1S/C10H12Cl2N2O/c1-3-4-14(2)10(15)7-5-8(11)9(12)13-6-7/h5-6H,3-4H2,1-2H3. The first-order valence-electron chi connectivity index (χ1n) is 4.62. The lowest BCUT2D eigenvalue weighted by Gasteiger charge is -2.15. The van der Waals surface area contributed by atoms with Crippen molar-refractivity contribution in [1.82, 2.24) is 9.88 Å². The van der Waals surface area contributed by atoms with Crippen LogP contribution in [0.5, 0.6) is 0 Å². The van der Waals surface area contributed by atoms with Gasteiger partial charge >= 0.3 is 0 Å². The van der Waals surface area contributed by atoms with Crippen molar-refractivity contribution in [2.75, 3.05) is 13.6 Å². The van der Waals surface area contributed by atoms with Gasteiger partial charge in [0, 0.05) is 19.8 Å². The molecule has 1 aromatic rings. The molecule has 0 N–H and O–H groups in total. The molecule has 82 valence electrons. The smallest absolute Gasteiger partial charge is 0.255 e. The lowest BCUT2D eigenvalue weighted by molar-refractivity contribution is 0.0794. The van der Waals surface area contributed by atoms with E-state index in [1.54, 1.807) is 11.9 Å². The molecule has 0 unspecified atom stereocenters. The average Bonchev–Trinajstić information content (AvgIpc) is 2.21. The van der Waals surface area contributed by atoms with Gasteiger partial charge in [0.1, 0.15) is 5.15 Å². The van der Waals surface area contributed by atoms with Crippen LogP contribution in [0.2, 0.25) is 10.2 Å². The number of hydrogen-bond acceptors (Lipinski definition) is 2. The number of nitrogens with zero attached hydrogens (tertiary/aromatic N) is 2. The van der Waals surface area contributed by atoms with Gasteiger partial charge in [0.2, 0.25) is 0 Å². The molecule has 0 saturated heterocycles. The molecule has 0 radical (unpaired) electrons. The third-order valence-electron chi connectivity index (χ3n) is 1.95. The first kappa shape index (κ1) is 12.3. The third-order valence-corrected chi connectivity index (χ3v) is 2.63. The fourth-order valence-corrected chi connectivity index (χ4v) is 1.47. The van der Waals surface area contributed by atoms with E-state index in [0.717, 1.165) is 6.42 Å². The molecule has 3 nitrogen and oxygen atoms in total. The van der Waals surface area contributed by atoms with Gasteiger partial charge in [-0.25, -0.2) is 4.98 Å². The summed E-state index contributed by atoms with van der Waals surface area (Å²) in [6.45, 7) is 2.72. The normalized spacial score (nSPS) is 10.1. The Morgan fingerprint density at radius 3 is 2.73 bits per heavy atom. The van der Waals surface area contributed by atoms with Gasteiger partial charge < -0.3 is 4.90 Å². The summed E-state index contributed by atoms with van der Waals surface area (Å²) in [7, 11) is 1.74. The molecule has 0 aliphatic rings. The Labute approximate surface area is 99.0 Å². The summed E-state index contributed by atoms with van der Waals surface area (Å²) in [5.74, 6) is -0.0945. The Kier molecular flexibility index (Phi) is 4.36. The molecule has 0 aliphatic carbocycles. The van der Waals surface area contributed by atoms with Crippen LogP contribution < -0.4 is 0 Å². The van der Waals surface area contributed by atoms with Crippen molar-refractivity contribution in [1.29, 1.82) is 0 Å². The van der Waals surface area contributed by atoms with E-state index in [9.17, 15) is 4.79 Å². The fraction of sp³-hybridized carbons (Fsp3) is 0.400. The van der Waals surface area contributed by atoms with Crippen LogP contribution in [0.1, 0.15) is 23.7 Å². The zero-order chi connectivity index (χ0) is 11.4. The molecule has 0 atom stereocenters. The number of halogens is 2. The molecule has 0 saturated carbocycles. The Bertz CT molecular complexity index is 368. The van der Waals surface area contributed by atoms with Gasteiger partial charge in [-0.2, -0.15) is 0 Å². The van der Waals surface area contributed by atoms with Crippen LogP contribution >= 0.6 is 23.2 Å². The number of carbonyl (C=O) groups is 1. The largest absolute Gasteiger partial charge is 0.342 e. The summed E-state index contributed by atoms with van der Waals surface area (Å²) >= 11 is 11.4. The summed E-state index contributed by atoms with van der Waals surface area (Å²) in [6, 6.07) is 1.53. The molecule has 0 fully saturated rings. The molecule has 0 bridgehead atoms. The van der Waals surface area contributed by atoms with E-state index in [-0.39, 0.29) is 11.1 Å². The van der Waals surface area contributed by atoms with E-state index in [2.05, 4.69) is 4.98 Å². The second kappa shape index (κ2) is 5.33. The average molecular weight is 247 g/mol. The molecule has 1 amide bonds. The molecule has 0 aliphatic heterocycles. The first-order chi connectivity index (χ1) is 7.06. The zero-order valence-electron chi connectivity index (χ0n) is 8.63. The highest BCUT2D eigenvalue weighted by atomic mass is 35.5. The third kappa shape index (κ3) is 3.08. The van der Waals surface area contributed by atoms with Gasteiger partial charge in [-0.05, 0) is 12.5 Å².